The van der Waals surface area contributed by atoms with E-state index in [9.17, 15) is 9.59 Å². The Balaban J connectivity index is 1.55. The lowest BCUT2D eigenvalue weighted by molar-refractivity contribution is -0.122. The summed E-state index contributed by atoms with van der Waals surface area (Å²) in [5.41, 5.74) is 2.48. The maximum Gasteiger partial charge on any atom is 0.267 e. The number of nitrogens with zero attached hydrogens (tertiary/aromatic N) is 3. The Labute approximate surface area is 212 Å². The van der Waals surface area contributed by atoms with Gasteiger partial charge in [-0.3, -0.25) is 18.9 Å². The molecular formula is C25H23ClN4O2S2. The number of carbonyl (C=O) groups excluding carboxylic acids is 1. The molecule has 2 fully saturated rings. The number of aromatic nitrogens is 2. The number of hydrogen-bond donors (Lipinski definition) is 1. The van der Waals surface area contributed by atoms with E-state index >= 15 is 0 Å². The summed E-state index contributed by atoms with van der Waals surface area (Å²) in [6.07, 6.45) is 7.78. The first-order valence-electron chi connectivity index (χ1n) is 11.2. The summed E-state index contributed by atoms with van der Waals surface area (Å²) in [5.74, 6) is 0.271. The van der Waals surface area contributed by atoms with Crippen molar-refractivity contribution in [3.05, 3.63) is 79.6 Å². The van der Waals surface area contributed by atoms with Crippen LogP contribution in [0.1, 0.15) is 42.4 Å². The van der Waals surface area contributed by atoms with E-state index in [0.717, 1.165) is 36.8 Å². The summed E-state index contributed by atoms with van der Waals surface area (Å²) >= 11 is 13.0. The minimum absolute atomic E-state index is 0.217. The van der Waals surface area contributed by atoms with Gasteiger partial charge in [0.2, 0.25) is 0 Å². The van der Waals surface area contributed by atoms with Gasteiger partial charge in [0.1, 0.15) is 15.8 Å². The van der Waals surface area contributed by atoms with Gasteiger partial charge in [0, 0.05) is 17.3 Å². The van der Waals surface area contributed by atoms with Crippen molar-refractivity contribution in [3.8, 4) is 0 Å². The summed E-state index contributed by atoms with van der Waals surface area (Å²) in [4.78, 5) is 33.5. The molecule has 2 aromatic heterocycles. The fraction of sp³-hybridized carbons (Fsp3) is 0.280. The van der Waals surface area contributed by atoms with E-state index in [-0.39, 0.29) is 24.1 Å². The van der Waals surface area contributed by atoms with Gasteiger partial charge in [0.05, 0.1) is 17.0 Å². The second-order valence-electron chi connectivity index (χ2n) is 8.60. The summed E-state index contributed by atoms with van der Waals surface area (Å²) in [6.45, 7) is 2.21. The highest BCUT2D eigenvalue weighted by Crippen LogP contribution is 2.35. The maximum atomic E-state index is 13.5. The van der Waals surface area contributed by atoms with E-state index in [1.807, 2.05) is 37.3 Å². The average molecular weight is 511 g/mol. The SMILES string of the molecule is Cc1ccc2nc(NC3CCCC3)c(C=C3SC(=S)N(Cc4ccccc4Cl)C3=O)c(=O)n2c1. The lowest BCUT2D eigenvalue weighted by Crippen LogP contribution is -2.28. The molecule has 0 bridgehead atoms. The molecule has 9 heteroatoms. The Morgan fingerprint density at radius 1 is 1.21 bits per heavy atom. The number of carbonyl (C=O) groups is 1. The number of thioether (sulfide) groups is 1. The molecule has 1 aromatic carbocycles. The zero-order valence-electron chi connectivity index (χ0n) is 18.6. The first kappa shape index (κ1) is 23.1. The van der Waals surface area contributed by atoms with E-state index in [1.165, 1.54) is 21.1 Å². The number of pyridine rings is 1. The monoisotopic (exact) mass is 510 g/mol. The summed E-state index contributed by atoms with van der Waals surface area (Å²) in [6, 6.07) is 11.4. The molecule has 1 aliphatic heterocycles. The molecule has 3 aromatic rings. The topological polar surface area (TPSA) is 66.7 Å². The van der Waals surface area contributed by atoms with Crippen LogP contribution in [0.5, 0.6) is 0 Å². The molecule has 0 radical (unpaired) electrons. The van der Waals surface area contributed by atoms with Gasteiger partial charge in [-0.2, -0.15) is 0 Å². The molecule has 1 N–H and O–H groups in total. The van der Waals surface area contributed by atoms with Crippen LogP contribution in [0.3, 0.4) is 0 Å². The zero-order valence-corrected chi connectivity index (χ0v) is 21.0. The van der Waals surface area contributed by atoms with Gasteiger partial charge in [-0.1, -0.05) is 72.7 Å². The fourth-order valence-electron chi connectivity index (χ4n) is 4.33. The van der Waals surface area contributed by atoms with Crippen molar-refractivity contribution in [1.29, 1.82) is 0 Å². The van der Waals surface area contributed by atoms with Crippen molar-refractivity contribution in [2.24, 2.45) is 0 Å². The first-order chi connectivity index (χ1) is 16.4. The van der Waals surface area contributed by atoms with Crippen LogP contribution in [0.15, 0.2) is 52.3 Å². The Hall–Kier alpha value is -2.68. The summed E-state index contributed by atoms with van der Waals surface area (Å²) < 4.78 is 1.97. The van der Waals surface area contributed by atoms with Gasteiger partial charge in [-0.05, 0) is 49.1 Å². The van der Waals surface area contributed by atoms with Crippen LogP contribution in [-0.2, 0) is 11.3 Å². The lowest BCUT2D eigenvalue weighted by Gasteiger charge is -2.16. The molecule has 1 aliphatic carbocycles. The highest BCUT2D eigenvalue weighted by Gasteiger charge is 2.33. The Morgan fingerprint density at radius 2 is 1.97 bits per heavy atom. The number of rotatable bonds is 5. The molecule has 174 valence electrons. The van der Waals surface area contributed by atoms with Crippen molar-refractivity contribution in [1.82, 2.24) is 14.3 Å². The second kappa shape index (κ2) is 9.52. The number of anilines is 1. The van der Waals surface area contributed by atoms with E-state index < -0.39 is 0 Å². The van der Waals surface area contributed by atoms with Gasteiger partial charge < -0.3 is 5.32 Å². The molecule has 0 atom stereocenters. The number of halogens is 1. The average Bonchev–Trinajstić information content (AvgIpc) is 3.42. The number of benzene rings is 1. The third-order valence-electron chi connectivity index (χ3n) is 6.14. The molecule has 1 saturated heterocycles. The van der Waals surface area contributed by atoms with Crippen molar-refractivity contribution in [2.45, 2.75) is 45.2 Å². The molecule has 0 unspecified atom stereocenters. The second-order valence-corrected chi connectivity index (χ2v) is 10.7. The number of nitrogens with one attached hydrogen (secondary N) is 1. The third-order valence-corrected chi connectivity index (χ3v) is 7.88. The number of hydrogen-bond acceptors (Lipinski definition) is 6. The Morgan fingerprint density at radius 3 is 2.74 bits per heavy atom. The van der Waals surface area contributed by atoms with Crippen LogP contribution < -0.4 is 10.9 Å². The number of thiocarbonyl (C=S) groups is 1. The Bertz CT molecular complexity index is 1400. The van der Waals surface area contributed by atoms with Crippen LogP contribution in [0.2, 0.25) is 5.02 Å². The summed E-state index contributed by atoms with van der Waals surface area (Å²) in [7, 11) is 0. The summed E-state index contributed by atoms with van der Waals surface area (Å²) in [5, 5.41) is 4.04. The van der Waals surface area contributed by atoms with E-state index in [0.29, 0.717) is 31.3 Å². The molecule has 6 nitrogen and oxygen atoms in total. The minimum Gasteiger partial charge on any atom is -0.367 e. The largest absolute Gasteiger partial charge is 0.367 e. The number of aryl methyl sites for hydroxylation is 1. The molecule has 1 saturated carbocycles. The highest BCUT2D eigenvalue weighted by molar-refractivity contribution is 8.26. The number of fused-ring (bicyclic) bond motifs is 1. The normalized spacial score (nSPS) is 17.9. The van der Waals surface area contributed by atoms with Gasteiger partial charge in [-0.15, -0.1) is 0 Å². The van der Waals surface area contributed by atoms with Gasteiger partial charge >= 0.3 is 0 Å². The van der Waals surface area contributed by atoms with E-state index in [1.54, 1.807) is 18.3 Å². The maximum absolute atomic E-state index is 13.5. The quantitative estimate of drug-likeness (QED) is 0.365. The zero-order chi connectivity index (χ0) is 23.8. The van der Waals surface area contributed by atoms with Crippen molar-refractivity contribution in [2.75, 3.05) is 5.32 Å². The molecule has 2 aliphatic rings. The molecular weight excluding hydrogens is 488 g/mol. The lowest BCUT2D eigenvalue weighted by atomic mass is 10.2. The first-order valence-corrected chi connectivity index (χ1v) is 12.8. The van der Waals surface area contributed by atoms with Crippen molar-refractivity contribution in [3.63, 3.8) is 0 Å². The van der Waals surface area contributed by atoms with Crippen molar-refractivity contribution < 1.29 is 4.79 Å². The van der Waals surface area contributed by atoms with Crippen LogP contribution >= 0.6 is 35.6 Å². The fourth-order valence-corrected chi connectivity index (χ4v) is 5.76. The smallest absolute Gasteiger partial charge is 0.267 e. The molecule has 34 heavy (non-hydrogen) atoms. The van der Waals surface area contributed by atoms with Crippen LogP contribution in [0.4, 0.5) is 5.82 Å². The third kappa shape index (κ3) is 4.50. The van der Waals surface area contributed by atoms with E-state index in [4.69, 9.17) is 28.8 Å². The van der Waals surface area contributed by atoms with Gasteiger partial charge in [-0.25, -0.2) is 4.98 Å². The molecule has 0 spiro atoms. The molecule has 1 amide bonds. The van der Waals surface area contributed by atoms with Gasteiger partial charge in [0.15, 0.2) is 0 Å². The van der Waals surface area contributed by atoms with Crippen LogP contribution in [0, 0.1) is 6.92 Å². The Kier molecular flexibility index (Phi) is 6.46. The number of amides is 1. The van der Waals surface area contributed by atoms with Crippen LogP contribution in [-0.4, -0.2) is 30.6 Å². The standard InChI is InChI=1S/C25H23ClN4O2S2/c1-15-10-11-21-28-22(27-17-7-3-4-8-17)18(23(31)29(21)13-15)12-20-24(32)30(25(33)34-20)14-16-6-2-5-9-19(16)26/h2,5-6,9-13,17,27H,3-4,7-8,14H2,1H3. The highest BCUT2D eigenvalue weighted by atomic mass is 35.5. The predicted molar refractivity (Wildman–Crippen MR) is 142 cm³/mol. The predicted octanol–water partition coefficient (Wildman–Crippen LogP) is 5.41. The minimum atomic E-state index is -0.240. The van der Waals surface area contributed by atoms with Crippen LogP contribution in [0.25, 0.3) is 11.7 Å². The molecule has 5 rings (SSSR count). The molecule has 3 heterocycles. The van der Waals surface area contributed by atoms with E-state index in [2.05, 4.69) is 5.32 Å². The van der Waals surface area contributed by atoms with Gasteiger partial charge in [0.25, 0.3) is 11.5 Å². The van der Waals surface area contributed by atoms with Crippen molar-refractivity contribution >= 4 is 63.3 Å².